The van der Waals surface area contributed by atoms with E-state index in [1.54, 1.807) is 6.07 Å². The van der Waals surface area contributed by atoms with E-state index in [1.807, 2.05) is 24.3 Å². The van der Waals surface area contributed by atoms with Crippen molar-refractivity contribution in [3.63, 3.8) is 0 Å². The Hall–Kier alpha value is -1.87. The number of rotatable bonds is 4. The van der Waals surface area contributed by atoms with Crippen molar-refractivity contribution >= 4 is 23.1 Å². The van der Waals surface area contributed by atoms with Gasteiger partial charge in [-0.25, -0.2) is 4.39 Å². The van der Waals surface area contributed by atoms with E-state index in [1.165, 1.54) is 12.1 Å². The zero-order valence-corrected chi connectivity index (χ0v) is 12.2. The van der Waals surface area contributed by atoms with E-state index in [0.29, 0.717) is 16.3 Å². The van der Waals surface area contributed by atoms with Crippen molar-refractivity contribution in [2.24, 2.45) is 0 Å². The molecule has 0 atom stereocenters. The van der Waals surface area contributed by atoms with Gasteiger partial charge in [-0.05, 0) is 48.2 Å². The van der Waals surface area contributed by atoms with Gasteiger partial charge in [-0.15, -0.1) is 0 Å². The molecule has 4 heteroatoms. The van der Waals surface area contributed by atoms with E-state index < -0.39 is 11.2 Å². The van der Waals surface area contributed by atoms with Crippen LogP contribution in [0.5, 0.6) is 0 Å². The molecule has 2 aromatic rings. The minimum Gasteiger partial charge on any atom is -0.399 e. The summed E-state index contributed by atoms with van der Waals surface area (Å²) in [5.41, 5.74) is 7.63. The zero-order valence-electron chi connectivity index (χ0n) is 11.4. The van der Waals surface area contributed by atoms with Crippen LogP contribution in [0.1, 0.15) is 24.0 Å². The smallest absolute Gasteiger partial charge is 0.147 e. The van der Waals surface area contributed by atoms with Gasteiger partial charge < -0.3 is 5.73 Å². The highest BCUT2D eigenvalue weighted by molar-refractivity contribution is 6.31. The summed E-state index contributed by atoms with van der Waals surface area (Å²) >= 11 is 6.00. The van der Waals surface area contributed by atoms with Gasteiger partial charge in [-0.2, -0.15) is 0 Å². The summed E-state index contributed by atoms with van der Waals surface area (Å²) in [4.78, 5) is 12.6. The van der Waals surface area contributed by atoms with Gasteiger partial charge in [0.05, 0.1) is 5.41 Å². The highest BCUT2D eigenvalue weighted by Gasteiger charge is 2.50. The Labute approximate surface area is 127 Å². The number of nitrogen functional groups attached to an aromatic ring is 1. The molecule has 0 spiro atoms. The van der Waals surface area contributed by atoms with Crippen molar-refractivity contribution < 1.29 is 9.18 Å². The van der Waals surface area contributed by atoms with E-state index in [4.69, 9.17) is 17.3 Å². The average molecular weight is 304 g/mol. The maximum absolute atomic E-state index is 13.1. The number of ketones is 1. The highest BCUT2D eigenvalue weighted by atomic mass is 35.5. The van der Waals surface area contributed by atoms with Gasteiger partial charge in [0.25, 0.3) is 0 Å². The molecule has 2 N–H and O–H groups in total. The molecule has 3 rings (SSSR count). The summed E-state index contributed by atoms with van der Waals surface area (Å²) in [6, 6.07) is 11.6. The molecule has 0 saturated heterocycles. The van der Waals surface area contributed by atoms with Crippen molar-refractivity contribution in [3.8, 4) is 0 Å². The minimum absolute atomic E-state index is 0.126. The molecule has 1 fully saturated rings. The molecule has 0 bridgehead atoms. The van der Waals surface area contributed by atoms with Crippen molar-refractivity contribution in [3.05, 3.63) is 64.4 Å². The third-order valence-corrected chi connectivity index (χ3v) is 4.46. The van der Waals surface area contributed by atoms with E-state index in [9.17, 15) is 9.18 Å². The SMILES string of the molecule is Nc1ccc(C2(C(=O)Cc3ccc(F)cc3Cl)CC2)cc1. The molecule has 0 aromatic heterocycles. The summed E-state index contributed by atoms with van der Waals surface area (Å²) in [5.74, 6) is -0.267. The van der Waals surface area contributed by atoms with E-state index in [2.05, 4.69) is 0 Å². The first-order chi connectivity index (χ1) is 10.0. The minimum atomic E-state index is -0.411. The van der Waals surface area contributed by atoms with Crippen LogP contribution >= 0.6 is 11.6 Å². The lowest BCUT2D eigenvalue weighted by Gasteiger charge is -2.15. The molecule has 0 amide bonds. The lowest BCUT2D eigenvalue weighted by molar-refractivity contribution is -0.120. The predicted molar refractivity (Wildman–Crippen MR) is 81.9 cm³/mol. The van der Waals surface area contributed by atoms with E-state index in [0.717, 1.165) is 18.4 Å². The van der Waals surface area contributed by atoms with Gasteiger partial charge >= 0.3 is 0 Å². The maximum Gasteiger partial charge on any atom is 0.147 e. The number of carbonyl (C=O) groups is 1. The predicted octanol–water partition coefficient (Wildman–Crippen LogP) is 3.90. The molecule has 1 aliphatic rings. The number of carbonyl (C=O) groups excluding carboxylic acids is 1. The van der Waals surface area contributed by atoms with Crippen LogP contribution in [-0.4, -0.2) is 5.78 Å². The number of hydrogen-bond donors (Lipinski definition) is 1. The number of anilines is 1. The van der Waals surface area contributed by atoms with Crippen LogP contribution in [0.15, 0.2) is 42.5 Å². The molecular formula is C17H15ClFNO. The summed E-state index contributed by atoms with van der Waals surface area (Å²) in [7, 11) is 0. The summed E-state index contributed by atoms with van der Waals surface area (Å²) in [5, 5.41) is 0.302. The van der Waals surface area contributed by atoms with Crippen LogP contribution in [0.2, 0.25) is 5.02 Å². The third kappa shape index (κ3) is 2.66. The van der Waals surface area contributed by atoms with Crippen molar-refractivity contribution in [2.45, 2.75) is 24.7 Å². The lowest BCUT2D eigenvalue weighted by Crippen LogP contribution is -2.22. The molecular weight excluding hydrogens is 289 g/mol. The van der Waals surface area contributed by atoms with Crippen molar-refractivity contribution in [1.82, 2.24) is 0 Å². The van der Waals surface area contributed by atoms with Crippen LogP contribution in [0.3, 0.4) is 0 Å². The maximum atomic E-state index is 13.1. The zero-order chi connectivity index (χ0) is 15.0. The molecule has 21 heavy (non-hydrogen) atoms. The van der Waals surface area contributed by atoms with Crippen LogP contribution in [0.4, 0.5) is 10.1 Å². The average Bonchev–Trinajstić information content (AvgIpc) is 3.24. The first kappa shape index (κ1) is 14.1. The number of benzene rings is 2. The van der Waals surface area contributed by atoms with E-state index in [-0.39, 0.29) is 12.2 Å². The quantitative estimate of drug-likeness (QED) is 0.870. The third-order valence-electron chi connectivity index (χ3n) is 4.11. The second kappa shape index (κ2) is 5.15. The van der Waals surface area contributed by atoms with Crippen LogP contribution in [0.25, 0.3) is 0 Å². The number of hydrogen-bond acceptors (Lipinski definition) is 2. The normalized spacial score (nSPS) is 15.7. The topological polar surface area (TPSA) is 43.1 Å². The molecule has 0 aliphatic heterocycles. The van der Waals surface area contributed by atoms with Gasteiger partial charge in [0.15, 0.2) is 0 Å². The van der Waals surface area contributed by atoms with Gasteiger partial charge in [0.2, 0.25) is 0 Å². The molecule has 108 valence electrons. The monoisotopic (exact) mass is 303 g/mol. The Kier molecular flexibility index (Phi) is 3.46. The first-order valence-corrected chi connectivity index (χ1v) is 7.22. The Morgan fingerprint density at radius 2 is 1.86 bits per heavy atom. The molecule has 2 nitrogen and oxygen atoms in total. The van der Waals surface area contributed by atoms with Crippen LogP contribution in [-0.2, 0) is 16.6 Å². The first-order valence-electron chi connectivity index (χ1n) is 6.84. The molecule has 1 saturated carbocycles. The largest absolute Gasteiger partial charge is 0.399 e. The summed E-state index contributed by atoms with van der Waals surface area (Å²) < 4.78 is 13.1. The van der Waals surface area contributed by atoms with E-state index >= 15 is 0 Å². The molecule has 0 radical (unpaired) electrons. The molecule has 0 heterocycles. The van der Waals surface area contributed by atoms with Crippen LogP contribution < -0.4 is 5.73 Å². The van der Waals surface area contributed by atoms with Gasteiger partial charge in [0, 0.05) is 17.1 Å². The fourth-order valence-electron chi connectivity index (χ4n) is 2.66. The highest BCUT2D eigenvalue weighted by Crippen LogP contribution is 2.49. The lowest BCUT2D eigenvalue weighted by atomic mass is 9.88. The van der Waals surface area contributed by atoms with Crippen LogP contribution in [0, 0.1) is 5.82 Å². The van der Waals surface area contributed by atoms with Gasteiger partial charge in [-0.1, -0.05) is 29.8 Å². The standard InChI is InChI=1S/C17H15ClFNO/c18-15-10-13(19)4-1-11(15)9-16(21)17(7-8-17)12-2-5-14(20)6-3-12/h1-6,10H,7-9,20H2. The number of nitrogens with two attached hydrogens (primary N) is 1. The molecule has 0 unspecified atom stereocenters. The Bertz CT molecular complexity index is 692. The summed E-state index contributed by atoms with van der Waals surface area (Å²) in [6.07, 6.45) is 1.91. The second-order valence-electron chi connectivity index (χ2n) is 5.54. The number of Topliss-reactive ketones (excluding diaryl/α,β-unsaturated/α-hetero) is 1. The number of halogens is 2. The Morgan fingerprint density at radius 1 is 1.19 bits per heavy atom. The second-order valence-corrected chi connectivity index (χ2v) is 5.95. The fraction of sp³-hybridized carbons (Fsp3) is 0.235. The van der Waals surface area contributed by atoms with Gasteiger partial charge in [-0.3, -0.25) is 4.79 Å². The Morgan fingerprint density at radius 3 is 2.43 bits per heavy atom. The fourth-order valence-corrected chi connectivity index (χ4v) is 2.90. The van der Waals surface area contributed by atoms with Crippen molar-refractivity contribution in [2.75, 3.05) is 5.73 Å². The molecule has 1 aliphatic carbocycles. The Balaban J connectivity index is 1.83. The van der Waals surface area contributed by atoms with Gasteiger partial charge in [0.1, 0.15) is 11.6 Å². The van der Waals surface area contributed by atoms with Crippen molar-refractivity contribution in [1.29, 1.82) is 0 Å². The molecule has 2 aromatic carbocycles. The summed E-state index contributed by atoms with van der Waals surface area (Å²) in [6.45, 7) is 0.